The summed E-state index contributed by atoms with van der Waals surface area (Å²) in [6, 6.07) is 10.2. The predicted octanol–water partition coefficient (Wildman–Crippen LogP) is 3.64. The van der Waals surface area contributed by atoms with Crippen molar-refractivity contribution in [3.8, 4) is 17.3 Å². The molecule has 1 fully saturated rings. The van der Waals surface area contributed by atoms with Crippen LogP contribution >= 0.6 is 0 Å². The number of carbonyl (C=O) groups is 1. The van der Waals surface area contributed by atoms with Crippen molar-refractivity contribution < 1.29 is 18.3 Å². The molecule has 130 valence electrons. The second-order valence-electron chi connectivity index (χ2n) is 6.13. The molecule has 7 heteroatoms. The van der Waals surface area contributed by atoms with Gasteiger partial charge in [0.25, 0.3) is 5.92 Å². The molecule has 0 bridgehead atoms. The van der Waals surface area contributed by atoms with Crippen LogP contribution in [0.1, 0.15) is 35.3 Å². The van der Waals surface area contributed by atoms with Crippen molar-refractivity contribution in [3.05, 3.63) is 41.6 Å². The number of ether oxygens (including phenoxy) is 1. The third-order valence-corrected chi connectivity index (χ3v) is 4.54. The van der Waals surface area contributed by atoms with E-state index in [-0.39, 0.29) is 18.7 Å². The Morgan fingerprint density at radius 1 is 1.44 bits per heavy atom. The minimum Gasteiger partial charge on any atom is -0.464 e. The normalized spacial score (nSPS) is 18.7. The molecule has 1 aromatic carbocycles. The maximum absolute atomic E-state index is 14.0. The molecule has 1 aliphatic carbocycles. The fraction of sp³-hybridized carbons (Fsp3) is 0.389. The zero-order valence-electron chi connectivity index (χ0n) is 13.7. The lowest BCUT2D eigenvalue weighted by Crippen LogP contribution is -2.26. The molecule has 1 heterocycles. The van der Waals surface area contributed by atoms with Crippen LogP contribution in [-0.2, 0) is 11.3 Å². The van der Waals surface area contributed by atoms with Crippen molar-refractivity contribution >= 4 is 5.97 Å². The molecule has 0 saturated heterocycles. The topological polar surface area (TPSA) is 67.9 Å². The van der Waals surface area contributed by atoms with Crippen LogP contribution in [0.5, 0.6) is 0 Å². The van der Waals surface area contributed by atoms with Gasteiger partial charge in [0, 0.05) is 12.3 Å². The van der Waals surface area contributed by atoms with E-state index in [0.717, 1.165) is 0 Å². The van der Waals surface area contributed by atoms with Crippen molar-refractivity contribution in [1.29, 1.82) is 5.26 Å². The number of esters is 1. The maximum Gasteiger partial charge on any atom is 0.358 e. The molecule has 1 saturated carbocycles. The number of halogens is 2. The second-order valence-corrected chi connectivity index (χ2v) is 6.13. The number of methoxy groups -OCH3 is 1. The van der Waals surface area contributed by atoms with Crippen molar-refractivity contribution in [2.75, 3.05) is 7.11 Å². The fourth-order valence-electron chi connectivity index (χ4n) is 3.14. The van der Waals surface area contributed by atoms with Crippen molar-refractivity contribution in [1.82, 2.24) is 9.78 Å². The Hall–Kier alpha value is -2.75. The van der Waals surface area contributed by atoms with Crippen LogP contribution in [0.3, 0.4) is 0 Å². The molecule has 0 spiro atoms. The van der Waals surface area contributed by atoms with Crippen LogP contribution in [0, 0.1) is 17.2 Å². The summed E-state index contributed by atoms with van der Waals surface area (Å²) in [6.07, 6.45) is 0.789. The number of alkyl halides is 2. The van der Waals surface area contributed by atoms with Gasteiger partial charge in [-0.1, -0.05) is 12.1 Å². The van der Waals surface area contributed by atoms with Crippen LogP contribution in [0.15, 0.2) is 30.3 Å². The number of rotatable bonds is 4. The van der Waals surface area contributed by atoms with Crippen LogP contribution in [0.25, 0.3) is 11.3 Å². The highest BCUT2D eigenvalue weighted by Gasteiger charge is 2.44. The SMILES string of the molecule is COC(=O)c1cc(-c2ccc(C#N)cc2)n(CC2CCCC2(F)F)n1. The van der Waals surface area contributed by atoms with Crippen LogP contribution < -0.4 is 0 Å². The summed E-state index contributed by atoms with van der Waals surface area (Å²) >= 11 is 0. The summed E-state index contributed by atoms with van der Waals surface area (Å²) < 4.78 is 34.1. The van der Waals surface area contributed by atoms with E-state index in [1.165, 1.54) is 17.9 Å². The highest BCUT2D eigenvalue weighted by Crippen LogP contribution is 2.41. The van der Waals surface area contributed by atoms with Gasteiger partial charge < -0.3 is 4.74 Å². The predicted molar refractivity (Wildman–Crippen MR) is 86.0 cm³/mol. The zero-order valence-corrected chi connectivity index (χ0v) is 13.7. The minimum absolute atomic E-state index is 0.0271. The third-order valence-electron chi connectivity index (χ3n) is 4.54. The highest BCUT2D eigenvalue weighted by atomic mass is 19.3. The van der Waals surface area contributed by atoms with Crippen LogP contribution in [0.2, 0.25) is 0 Å². The number of benzene rings is 1. The summed E-state index contributed by atoms with van der Waals surface area (Å²) in [5, 5.41) is 13.1. The van der Waals surface area contributed by atoms with E-state index in [0.29, 0.717) is 29.7 Å². The molecule has 5 nitrogen and oxygen atoms in total. The van der Waals surface area contributed by atoms with Crippen LogP contribution in [-0.4, -0.2) is 28.8 Å². The van der Waals surface area contributed by atoms with Gasteiger partial charge in [-0.25, -0.2) is 13.6 Å². The standard InChI is InChI=1S/C18H17F2N3O2/c1-25-17(24)15-9-16(13-6-4-12(10-21)5-7-13)23(22-15)11-14-3-2-8-18(14,19)20/h4-7,9,14H,2-3,8,11H2,1H3. The van der Waals surface area contributed by atoms with Gasteiger partial charge >= 0.3 is 5.97 Å². The van der Waals surface area contributed by atoms with E-state index >= 15 is 0 Å². The van der Waals surface area contributed by atoms with Gasteiger partial charge in [0.2, 0.25) is 0 Å². The van der Waals surface area contributed by atoms with Gasteiger partial charge in [-0.3, -0.25) is 4.68 Å². The number of nitriles is 1. The molecule has 0 amide bonds. The molecular weight excluding hydrogens is 328 g/mol. The summed E-state index contributed by atoms with van der Waals surface area (Å²) in [6.45, 7) is 0.0271. The zero-order chi connectivity index (χ0) is 18.0. The molecule has 3 rings (SSSR count). The summed E-state index contributed by atoms with van der Waals surface area (Å²) in [5.74, 6) is -4.15. The summed E-state index contributed by atoms with van der Waals surface area (Å²) in [5.41, 5.74) is 1.81. The third kappa shape index (κ3) is 3.38. The molecule has 0 radical (unpaired) electrons. The number of aromatic nitrogens is 2. The second kappa shape index (κ2) is 6.63. The lowest BCUT2D eigenvalue weighted by molar-refractivity contribution is -0.0431. The molecule has 1 atom stereocenters. The van der Waals surface area contributed by atoms with Gasteiger partial charge in [0.15, 0.2) is 5.69 Å². The summed E-state index contributed by atoms with van der Waals surface area (Å²) in [4.78, 5) is 11.8. The quantitative estimate of drug-likeness (QED) is 0.794. The lowest BCUT2D eigenvalue weighted by atomic mass is 10.0. The molecule has 1 aliphatic rings. The average molecular weight is 345 g/mol. The number of hydrogen-bond acceptors (Lipinski definition) is 4. The molecule has 0 N–H and O–H groups in total. The molecule has 2 aromatic rings. The molecule has 1 aromatic heterocycles. The Kier molecular flexibility index (Phi) is 4.53. The van der Waals surface area contributed by atoms with Crippen molar-refractivity contribution in [3.63, 3.8) is 0 Å². The Morgan fingerprint density at radius 2 is 2.16 bits per heavy atom. The highest BCUT2D eigenvalue weighted by molar-refractivity contribution is 5.88. The molecule has 1 unspecified atom stereocenters. The van der Waals surface area contributed by atoms with Gasteiger partial charge in [0.1, 0.15) is 0 Å². The average Bonchev–Trinajstić information content (AvgIpc) is 3.18. The monoisotopic (exact) mass is 345 g/mol. The van der Waals surface area contributed by atoms with E-state index < -0.39 is 17.8 Å². The van der Waals surface area contributed by atoms with Crippen LogP contribution in [0.4, 0.5) is 8.78 Å². The first-order valence-electron chi connectivity index (χ1n) is 7.99. The van der Waals surface area contributed by atoms with Gasteiger partial charge in [-0.2, -0.15) is 10.4 Å². The van der Waals surface area contributed by atoms with Crippen molar-refractivity contribution in [2.24, 2.45) is 5.92 Å². The van der Waals surface area contributed by atoms with E-state index in [4.69, 9.17) is 5.26 Å². The number of carbonyl (C=O) groups excluding carboxylic acids is 1. The fourth-order valence-corrected chi connectivity index (χ4v) is 3.14. The van der Waals surface area contributed by atoms with E-state index in [9.17, 15) is 13.6 Å². The largest absolute Gasteiger partial charge is 0.464 e. The first kappa shape index (κ1) is 17.1. The number of nitrogens with zero attached hydrogens (tertiary/aromatic N) is 3. The van der Waals surface area contributed by atoms with E-state index in [1.807, 2.05) is 6.07 Å². The van der Waals surface area contributed by atoms with E-state index in [2.05, 4.69) is 9.84 Å². The van der Waals surface area contributed by atoms with Gasteiger partial charge in [-0.05, 0) is 36.6 Å². The first-order valence-corrected chi connectivity index (χ1v) is 7.99. The van der Waals surface area contributed by atoms with Gasteiger partial charge in [-0.15, -0.1) is 0 Å². The Balaban J connectivity index is 1.98. The lowest BCUT2D eigenvalue weighted by Gasteiger charge is -2.20. The Labute approximate surface area is 143 Å². The smallest absolute Gasteiger partial charge is 0.358 e. The van der Waals surface area contributed by atoms with Gasteiger partial charge in [0.05, 0.1) is 31.0 Å². The Bertz CT molecular complexity index is 822. The molecular formula is C18H17F2N3O2. The minimum atomic E-state index is -2.72. The molecule has 0 aliphatic heterocycles. The first-order chi connectivity index (χ1) is 11.9. The van der Waals surface area contributed by atoms with E-state index in [1.54, 1.807) is 24.3 Å². The Morgan fingerprint density at radius 3 is 2.72 bits per heavy atom. The van der Waals surface area contributed by atoms with Crippen molar-refractivity contribution in [2.45, 2.75) is 31.7 Å². The maximum atomic E-state index is 14.0. The summed E-state index contributed by atoms with van der Waals surface area (Å²) in [7, 11) is 1.24. The molecule has 25 heavy (non-hydrogen) atoms. The number of hydrogen-bond donors (Lipinski definition) is 0.